The van der Waals surface area contributed by atoms with Gasteiger partial charge in [-0.1, -0.05) is 41.9 Å². The van der Waals surface area contributed by atoms with E-state index in [9.17, 15) is 13.2 Å². The van der Waals surface area contributed by atoms with Crippen molar-refractivity contribution >= 4 is 27.5 Å². The van der Waals surface area contributed by atoms with Crippen LogP contribution in [0.2, 0.25) is 5.02 Å². The maximum Gasteiger partial charge on any atom is 0.251 e. The van der Waals surface area contributed by atoms with Crippen molar-refractivity contribution < 1.29 is 17.9 Å². The van der Waals surface area contributed by atoms with Crippen LogP contribution in [0.3, 0.4) is 0 Å². The first-order valence-electron chi connectivity index (χ1n) is 10.9. The normalized spacial score (nSPS) is 19.0. The molecule has 0 radical (unpaired) electrons. The number of likely N-dealkylation sites (tertiary alicyclic amines) is 1. The topological polar surface area (TPSA) is 79.0 Å². The first-order chi connectivity index (χ1) is 15.5. The molecule has 0 aliphatic carbocycles. The van der Waals surface area contributed by atoms with Crippen molar-refractivity contribution in [2.75, 3.05) is 45.9 Å². The van der Waals surface area contributed by atoms with Crippen LogP contribution in [0.15, 0.2) is 53.4 Å². The van der Waals surface area contributed by atoms with Crippen molar-refractivity contribution in [2.24, 2.45) is 0 Å². The van der Waals surface area contributed by atoms with Gasteiger partial charge in [0.15, 0.2) is 0 Å². The number of morpholine rings is 1. The Hall–Kier alpha value is -1.97. The minimum absolute atomic E-state index is 0.0483. The fourth-order valence-corrected chi connectivity index (χ4v) is 6.15. The van der Waals surface area contributed by atoms with Gasteiger partial charge in [-0.2, -0.15) is 4.31 Å². The van der Waals surface area contributed by atoms with Crippen molar-refractivity contribution in [1.29, 1.82) is 0 Å². The van der Waals surface area contributed by atoms with E-state index in [1.807, 2.05) is 18.2 Å². The zero-order valence-electron chi connectivity index (χ0n) is 17.9. The van der Waals surface area contributed by atoms with Crippen LogP contribution in [0.25, 0.3) is 0 Å². The largest absolute Gasteiger partial charge is 0.379 e. The molecule has 0 spiro atoms. The lowest BCUT2D eigenvalue weighted by atomic mass is 10.1. The summed E-state index contributed by atoms with van der Waals surface area (Å²) in [5, 5.41) is 3.10. The first kappa shape index (κ1) is 23.2. The Morgan fingerprint density at radius 1 is 1.03 bits per heavy atom. The lowest BCUT2D eigenvalue weighted by Crippen LogP contribution is -2.40. The van der Waals surface area contributed by atoms with E-state index >= 15 is 0 Å². The van der Waals surface area contributed by atoms with Crippen molar-refractivity contribution in [3.63, 3.8) is 0 Å². The molecular formula is C23H28ClN3O4S. The summed E-state index contributed by atoms with van der Waals surface area (Å²) in [6, 6.07) is 14.6. The molecule has 2 aliphatic rings. The number of nitrogens with zero attached hydrogens (tertiary/aromatic N) is 2. The molecule has 9 heteroatoms. The second-order valence-corrected chi connectivity index (χ2v) is 10.4. The Kier molecular flexibility index (Phi) is 7.48. The van der Waals surface area contributed by atoms with Gasteiger partial charge in [0.25, 0.3) is 5.91 Å². The van der Waals surface area contributed by atoms with Gasteiger partial charge in [-0.3, -0.25) is 9.69 Å². The molecule has 2 aliphatic heterocycles. The van der Waals surface area contributed by atoms with Crippen LogP contribution in [0.1, 0.15) is 34.8 Å². The van der Waals surface area contributed by atoms with E-state index in [0.29, 0.717) is 19.8 Å². The third-order valence-electron chi connectivity index (χ3n) is 6.00. The smallest absolute Gasteiger partial charge is 0.251 e. The maximum atomic E-state index is 13.1. The van der Waals surface area contributed by atoms with E-state index in [2.05, 4.69) is 22.3 Å². The van der Waals surface area contributed by atoms with Gasteiger partial charge in [0.1, 0.15) is 4.90 Å². The SMILES string of the molecule is O=C(NC[C@H](c1ccccc1)N1CCCC1)c1ccc(Cl)c(S(=O)(=O)N2CCOCC2)c1. The van der Waals surface area contributed by atoms with Gasteiger partial charge in [0, 0.05) is 25.2 Å². The second-order valence-electron chi connectivity index (χ2n) is 8.04. The molecule has 172 valence electrons. The first-order valence-corrected chi connectivity index (χ1v) is 12.7. The third-order valence-corrected chi connectivity index (χ3v) is 8.38. The molecule has 1 amide bonds. The Labute approximate surface area is 194 Å². The van der Waals surface area contributed by atoms with E-state index in [0.717, 1.165) is 31.5 Å². The van der Waals surface area contributed by atoms with E-state index in [1.54, 1.807) is 6.07 Å². The zero-order valence-corrected chi connectivity index (χ0v) is 19.4. The molecule has 0 aromatic heterocycles. The highest BCUT2D eigenvalue weighted by molar-refractivity contribution is 7.89. The number of hydrogen-bond donors (Lipinski definition) is 1. The number of sulfonamides is 1. The molecule has 0 saturated carbocycles. The van der Waals surface area contributed by atoms with Crippen molar-refractivity contribution in [3.05, 3.63) is 64.7 Å². The molecule has 2 fully saturated rings. The monoisotopic (exact) mass is 477 g/mol. The van der Waals surface area contributed by atoms with E-state index in [4.69, 9.17) is 16.3 Å². The number of hydrogen-bond acceptors (Lipinski definition) is 5. The van der Waals surface area contributed by atoms with Gasteiger partial charge in [0.05, 0.1) is 24.3 Å². The molecule has 0 unspecified atom stereocenters. The van der Waals surface area contributed by atoms with E-state index in [-0.39, 0.29) is 40.5 Å². The Morgan fingerprint density at radius 2 is 1.72 bits per heavy atom. The third kappa shape index (κ3) is 5.15. The summed E-state index contributed by atoms with van der Waals surface area (Å²) < 4.78 is 32.7. The highest BCUT2D eigenvalue weighted by Gasteiger charge is 2.29. The quantitative estimate of drug-likeness (QED) is 0.663. The van der Waals surface area contributed by atoms with Crippen LogP contribution < -0.4 is 5.32 Å². The van der Waals surface area contributed by atoms with Gasteiger partial charge in [-0.25, -0.2) is 8.42 Å². The predicted octanol–water partition coefficient (Wildman–Crippen LogP) is 2.93. The molecular weight excluding hydrogens is 450 g/mol. The molecule has 7 nitrogen and oxygen atoms in total. The second kappa shape index (κ2) is 10.3. The standard InChI is InChI=1S/C23H28ClN3O4S/c24-20-9-8-19(16-22(20)32(29,30)27-12-14-31-15-13-27)23(28)25-17-21(26-10-4-5-11-26)18-6-2-1-3-7-18/h1-3,6-9,16,21H,4-5,10-15,17H2,(H,25,28)/t21-/m1/s1. The minimum Gasteiger partial charge on any atom is -0.379 e. The molecule has 0 bridgehead atoms. The number of amides is 1. The number of halogens is 1. The van der Waals surface area contributed by atoms with Crippen LogP contribution in [0.5, 0.6) is 0 Å². The van der Waals surface area contributed by atoms with Crippen molar-refractivity contribution in [1.82, 2.24) is 14.5 Å². The Bertz CT molecular complexity index is 1040. The summed E-state index contributed by atoms with van der Waals surface area (Å²) in [4.78, 5) is 15.3. The average Bonchev–Trinajstić information content (AvgIpc) is 3.35. The molecule has 1 N–H and O–H groups in total. The minimum atomic E-state index is -3.80. The molecule has 1 atom stereocenters. The number of rotatable bonds is 7. The maximum absolute atomic E-state index is 13.1. The van der Waals surface area contributed by atoms with Gasteiger partial charge in [0.2, 0.25) is 10.0 Å². The van der Waals surface area contributed by atoms with Crippen LogP contribution in [-0.4, -0.2) is 69.5 Å². The van der Waals surface area contributed by atoms with Crippen LogP contribution in [-0.2, 0) is 14.8 Å². The molecule has 4 rings (SSSR count). The summed E-state index contributed by atoms with van der Waals surface area (Å²) >= 11 is 6.22. The molecule has 2 heterocycles. The van der Waals surface area contributed by atoms with Crippen molar-refractivity contribution in [2.45, 2.75) is 23.8 Å². The average molecular weight is 478 g/mol. The van der Waals surface area contributed by atoms with Crippen molar-refractivity contribution in [3.8, 4) is 0 Å². The number of carbonyl (C=O) groups excluding carboxylic acids is 1. The summed E-state index contributed by atoms with van der Waals surface area (Å²) in [6.45, 7) is 3.66. The van der Waals surface area contributed by atoms with Gasteiger partial charge < -0.3 is 10.1 Å². The highest BCUT2D eigenvalue weighted by atomic mass is 35.5. The van der Waals surface area contributed by atoms with Crippen LogP contribution >= 0.6 is 11.6 Å². The molecule has 2 aromatic rings. The summed E-state index contributed by atoms with van der Waals surface area (Å²) in [5.74, 6) is -0.319. The fraction of sp³-hybridized carbons (Fsp3) is 0.435. The summed E-state index contributed by atoms with van der Waals surface area (Å²) in [5.41, 5.74) is 1.43. The number of benzene rings is 2. The highest BCUT2D eigenvalue weighted by Crippen LogP contribution is 2.27. The van der Waals surface area contributed by atoms with Gasteiger partial charge in [-0.05, 0) is 49.7 Å². The number of ether oxygens (including phenoxy) is 1. The Morgan fingerprint density at radius 3 is 2.41 bits per heavy atom. The Balaban J connectivity index is 1.51. The number of nitrogens with one attached hydrogen (secondary N) is 1. The lowest BCUT2D eigenvalue weighted by molar-refractivity contribution is 0.0730. The zero-order chi connectivity index (χ0) is 22.6. The van der Waals surface area contributed by atoms with Gasteiger partial charge in [-0.15, -0.1) is 0 Å². The summed E-state index contributed by atoms with van der Waals surface area (Å²) in [7, 11) is -3.80. The van der Waals surface area contributed by atoms with Crippen LogP contribution in [0.4, 0.5) is 0 Å². The van der Waals surface area contributed by atoms with E-state index < -0.39 is 10.0 Å². The lowest BCUT2D eigenvalue weighted by Gasteiger charge is -2.28. The molecule has 32 heavy (non-hydrogen) atoms. The predicted molar refractivity (Wildman–Crippen MR) is 123 cm³/mol. The summed E-state index contributed by atoms with van der Waals surface area (Å²) in [6.07, 6.45) is 2.30. The molecule has 2 aromatic carbocycles. The fourth-order valence-electron chi connectivity index (χ4n) is 4.25. The van der Waals surface area contributed by atoms with Gasteiger partial charge >= 0.3 is 0 Å². The number of carbonyl (C=O) groups is 1. The molecule has 2 saturated heterocycles. The van der Waals surface area contributed by atoms with Crippen LogP contribution in [0, 0.1) is 0 Å². The van der Waals surface area contributed by atoms with E-state index in [1.165, 1.54) is 16.4 Å².